The van der Waals surface area contributed by atoms with E-state index in [9.17, 15) is 0 Å². The SMILES string of the molecule is CC(C)CNCC1(CN(C)Cc2cscn2)CCOCC1. The van der Waals surface area contributed by atoms with Gasteiger partial charge in [0.2, 0.25) is 0 Å². The van der Waals surface area contributed by atoms with Crippen LogP contribution in [0.25, 0.3) is 0 Å². The molecule has 0 aromatic carbocycles. The molecule has 120 valence electrons. The molecule has 2 rings (SSSR count). The molecule has 4 nitrogen and oxygen atoms in total. The van der Waals surface area contributed by atoms with Crippen LogP contribution in [0, 0.1) is 11.3 Å². The van der Waals surface area contributed by atoms with Crippen LogP contribution >= 0.6 is 11.3 Å². The van der Waals surface area contributed by atoms with E-state index in [-0.39, 0.29) is 0 Å². The van der Waals surface area contributed by atoms with Gasteiger partial charge in [0.25, 0.3) is 0 Å². The number of hydrogen-bond donors (Lipinski definition) is 1. The molecule has 1 aliphatic heterocycles. The second kappa shape index (κ2) is 8.22. The molecule has 1 saturated heterocycles. The van der Waals surface area contributed by atoms with E-state index in [1.165, 1.54) is 5.69 Å². The van der Waals surface area contributed by atoms with Crippen LogP contribution in [-0.4, -0.2) is 49.8 Å². The van der Waals surface area contributed by atoms with Crippen LogP contribution in [0.1, 0.15) is 32.4 Å². The second-order valence-electron chi connectivity index (χ2n) is 6.79. The van der Waals surface area contributed by atoms with Gasteiger partial charge in [0, 0.05) is 38.2 Å². The number of rotatable bonds is 8. The molecule has 1 aromatic heterocycles. The summed E-state index contributed by atoms with van der Waals surface area (Å²) in [7, 11) is 2.21. The average molecular weight is 311 g/mol. The monoisotopic (exact) mass is 311 g/mol. The van der Waals surface area contributed by atoms with Crippen LogP contribution in [0.15, 0.2) is 10.9 Å². The molecule has 0 atom stereocenters. The molecule has 0 amide bonds. The van der Waals surface area contributed by atoms with Gasteiger partial charge in [-0.1, -0.05) is 13.8 Å². The molecule has 0 saturated carbocycles. The predicted octanol–water partition coefficient (Wildman–Crippen LogP) is 2.62. The molecule has 0 spiro atoms. The highest BCUT2D eigenvalue weighted by Crippen LogP contribution is 2.31. The van der Waals surface area contributed by atoms with Crippen LogP contribution in [0.4, 0.5) is 0 Å². The highest BCUT2D eigenvalue weighted by atomic mass is 32.1. The standard InChI is InChI=1S/C16H29N3OS/c1-14(2)8-17-11-16(4-6-20-7-5-16)12-19(3)9-15-10-21-13-18-15/h10,13-14,17H,4-9,11-12H2,1-3H3. The lowest BCUT2D eigenvalue weighted by Gasteiger charge is -2.40. The normalized spacial score (nSPS) is 18.5. The van der Waals surface area contributed by atoms with Gasteiger partial charge in [-0.15, -0.1) is 11.3 Å². The predicted molar refractivity (Wildman–Crippen MR) is 88.6 cm³/mol. The quantitative estimate of drug-likeness (QED) is 0.801. The van der Waals surface area contributed by atoms with Gasteiger partial charge in [-0.05, 0) is 37.8 Å². The van der Waals surface area contributed by atoms with Crippen molar-refractivity contribution in [2.75, 3.05) is 39.9 Å². The van der Waals surface area contributed by atoms with Crippen molar-refractivity contribution in [3.05, 3.63) is 16.6 Å². The summed E-state index contributed by atoms with van der Waals surface area (Å²) in [6, 6.07) is 0. The van der Waals surface area contributed by atoms with Crippen molar-refractivity contribution >= 4 is 11.3 Å². The summed E-state index contributed by atoms with van der Waals surface area (Å²) in [5.41, 5.74) is 3.44. The summed E-state index contributed by atoms with van der Waals surface area (Å²) in [5.74, 6) is 0.703. The topological polar surface area (TPSA) is 37.4 Å². The third kappa shape index (κ3) is 5.66. The molecule has 0 radical (unpaired) electrons. The molecule has 2 heterocycles. The molecular weight excluding hydrogens is 282 g/mol. The van der Waals surface area contributed by atoms with Crippen LogP contribution in [0.2, 0.25) is 0 Å². The van der Waals surface area contributed by atoms with Crippen molar-refractivity contribution in [1.82, 2.24) is 15.2 Å². The van der Waals surface area contributed by atoms with Gasteiger partial charge in [0.15, 0.2) is 0 Å². The third-order valence-electron chi connectivity index (χ3n) is 4.13. The number of nitrogens with one attached hydrogen (secondary N) is 1. The third-order valence-corrected chi connectivity index (χ3v) is 4.76. The molecule has 1 aliphatic rings. The summed E-state index contributed by atoms with van der Waals surface area (Å²) >= 11 is 1.67. The summed E-state index contributed by atoms with van der Waals surface area (Å²) in [5, 5.41) is 5.81. The number of nitrogens with zero attached hydrogens (tertiary/aromatic N) is 2. The van der Waals surface area contributed by atoms with Crippen LogP contribution in [-0.2, 0) is 11.3 Å². The Balaban J connectivity index is 1.88. The van der Waals surface area contributed by atoms with Gasteiger partial charge < -0.3 is 10.1 Å². The Morgan fingerprint density at radius 3 is 2.81 bits per heavy atom. The van der Waals surface area contributed by atoms with Crippen molar-refractivity contribution in [3.63, 3.8) is 0 Å². The summed E-state index contributed by atoms with van der Waals surface area (Å²) in [4.78, 5) is 6.81. The number of ether oxygens (including phenoxy) is 1. The summed E-state index contributed by atoms with van der Waals surface area (Å²) in [6.45, 7) is 10.6. The van der Waals surface area contributed by atoms with Gasteiger partial charge in [-0.2, -0.15) is 0 Å². The molecule has 0 aliphatic carbocycles. The van der Waals surface area contributed by atoms with Gasteiger partial charge >= 0.3 is 0 Å². The van der Waals surface area contributed by atoms with Crippen molar-refractivity contribution in [1.29, 1.82) is 0 Å². The van der Waals surface area contributed by atoms with Crippen molar-refractivity contribution in [2.45, 2.75) is 33.2 Å². The van der Waals surface area contributed by atoms with E-state index in [0.717, 1.165) is 52.2 Å². The van der Waals surface area contributed by atoms with Gasteiger partial charge in [0.1, 0.15) is 0 Å². The van der Waals surface area contributed by atoms with E-state index in [1.807, 2.05) is 5.51 Å². The molecule has 0 unspecified atom stereocenters. The Morgan fingerprint density at radius 2 is 2.19 bits per heavy atom. The molecule has 1 fully saturated rings. The van der Waals surface area contributed by atoms with Crippen molar-refractivity contribution in [3.8, 4) is 0 Å². The maximum atomic E-state index is 5.58. The first-order valence-corrected chi connectivity index (χ1v) is 8.88. The van der Waals surface area contributed by atoms with E-state index >= 15 is 0 Å². The van der Waals surface area contributed by atoms with Crippen molar-refractivity contribution in [2.24, 2.45) is 11.3 Å². The Kier molecular flexibility index (Phi) is 6.61. The molecule has 21 heavy (non-hydrogen) atoms. The Hall–Kier alpha value is -0.490. The van der Waals surface area contributed by atoms with E-state index in [2.05, 4.69) is 41.5 Å². The Morgan fingerprint density at radius 1 is 1.43 bits per heavy atom. The molecule has 0 bridgehead atoms. The fourth-order valence-electron chi connectivity index (χ4n) is 3.04. The minimum Gasteiger partial charge on any atom is -0.381 e. The van der Waals surface area contributed by atoms with E-state index in [0.29, 0.717) is 11.3 Å². The summed E-state index contributed by atoms with van der Waals surface area (Å²) < 4.78 is 5.58. The van der Waals surface area contributed by atoms with Gasteiger partial charge in [-0.3, -0.25) is 4.90 Å². The first kappa shape index (κ1) is 16.9. The molecular formula is C16H29N3OS. The highest BCUT2D eigenvalue weighted by molar-refractivity contribution is 7.07. The largest absolute Gasteiger partial charge is 0.381 e. The number of thiazole rings is 1. The Bertz CT molecular complexity index is 388. The maximum Gasteiger partial charge on any atom is 0.0795 e. The Labute approximate surface area is 132 Å². The lowest BCUT2D eigenvalue weighted by molar-refractivity contribution is -0.00197. The zero-order valence-electron chi connectivity index (χ0n) is 13.6. The minimum atomic E-state index is 0.345. The molecule has 5 heteroatoms. The fourth-order valence-corrected chi connectivity index (χ4v) is 3.59. The smallest absolute Gasteiger partial charge is 0.0795 e. The average Bonchev–Trinajstić information content (AvgIpc) is 2.91. The van der Waals surface area contributed by atoms with E-state index < -0.39 is 0 Å². The van der Waals surface area contributed by atoms with Gasteiger partial charge in [-0.25, -0.2) is 4.98 Å². The van der Waals surface area contributed by atoms with Gasteiger partial charge in [0.05, 0.1) is 11.2 Å². The zero-order valence-corrected chi connectivity index (χ0v) is 14.4. The first-order chi connectivity index (χ1) is 10.1. The number of hydrogen-bond acceptors (Lipinski definition) is 5. The fraction of sp³-hybridized carbons (Fsp3) is 0.812. The molecule has 1 aromatic rings. The zero-order chi connectivity index (χ0) is 15.1. The highest BCUT2D eigenvalue weighted by Gasteiger charge is 2.33. The summed E-state index contributed by atoms with van der Waals surface area (Å²) in [6.07, 6.45) is 2.30. The first-order valence-electron chi connectivity index (χ1n) is 7.94. The van der Waals surface area contributed by atoms with Crippen LogP contribution in [0.3, 0.4) is 0 Å². The number of aromatic nitrogens is 1. The lowest BCUT2D eigenvalue weighted by atomic mass is 9.79. The molecule has 1 N–H and O–H groups in total. The van der Waals surface area contributed by atoms with Crippen molar-refractivity contribution < 1.29 is 4.74 Å². The minimum absolute atomic E-state index is 0.345. The van der Waals surface area contributed by atoms with Crippen LogP contribution in [0.5, 0.6) is 0 Å². The second-order valence-corrected chi connectivity index (χ2v) is 7.51. The maximum absolute atomic E-state index is 5.58. The van der Waals surface area contributed by atoms with E-state index in [4.69, 9.17) is 4.74 Å². The lowest BCUT2D eigenvalue weighted by Crippen LogP contribution is -2.46. The van der Waals surface area contributed by atoms with E-state index in [1.54, 1.807) is 11.3 Å². The van der Waals surface area contributed by atoms with Crippen LogP contribution < -0.4 is 5.32 Å².